The van der Waals surface area contributed by atoms with Crippen molar-refractivity contribution >= 4 is 44.8 Å². The molecular formula is C10H12Cl2N2O3S. The molecule has 1 rings (SSSR count). The molecule has 1 amide bonds. The van der Waals surface area contributed by atoms with E-state index in [2.05, 4.69) is 5.32 Å². The summed E-state index contributed by atoms with van der Waals surface area (Å²) in [6.45, 7) is -0.265. The van der Waals surface area contributed by atoms with Crippen LogP contribution in [-0.2, 0) is 14.8 Å². The molecule has 0 fully saturated rings. The van der Waals surface area contributed by atoms with Gasteiger partial charge in [-0.25, -0.2) is 8.42 Å². The summed E-state index contributed by atoms with van der Waals surface area (Å²) in [5.74, 6) is -0.457. The molecule has 1 aromatic carbocycles. The number of benzene rings is 1. The maximum Gasteiger partial charge on any atom is 0.239 e. The number of carbonyl (C=O) groups is 1. The van der Waals surface area contributed by atoms with Crippen LogP contribution in [0.4, 0.5) is 5.69 Å². The lowest BCUT2D eigenvalue weighted by atomic mass is 10.3. The molecule has 0 unspecified atom stereocenters. The van der Waals surface area contributed by atoms with Crippen molar-refractivity contribution in [3.63, 3.8) is 0 Å². The Bertz CT molecular complexity index is 560. The van der Waals surface area contributed by atoms with E-state index in [-0.39, 0.29) is 6.54 Å². The van der Waals surface area contributed by atoms with E-state index >= 15 is 0 Å². The van der Waals surface area contributed by atoms with Crippen LogP contribution in [0, 0.1) is 0 Å². The minimum Gasteiger partial charge on any atom is -0.325 e. The van der Waals surface area contributed by atoms with Gasteiger partial charge in [0.15, 0.2) is 0 Å². The SMILES string of the molecule is CN(CC(=O)Nc1ccc(Cl)c(Cl)c1)S(C)(=O)=O. The quantitative estimate of drug-likeness (QED) is 0.922. The zero-order valence-electron chi connectivity index (χ0n) is 9.78. The first-order valence-electron chi connectivity index (χ1n) is 4.86. The Morgan fingerprint density at radius 3 is 2.44 bits per heavy atom. The fourth-order valence-electron chi connectivity index (χ4n) is 1.09. The molecule has 0 bridgehead atoms. The Labute approximate surface area is 116 Å². The van der Waals surface area contributed by atoms with Crippen molar-refractivity contribution in [3.8, 4) is 0 Å². The summed E-state index contributed by atoms with van der Waals surface area (Å²) >= 11 is 11.5. The van der Waals surface area contributed by atoms with Gasteiger partial charge in [-0.3, -0.25) is 4.79 Å². The fraction of sp³-hybridized carbons (Fsp3) is 0.300. The molecule has 18 heavy (non-hydrogen) atoms. The average molecular weight is 311 g/mol. The molecule has 0 aliphatic heterocycles. The molecular weight excluding hydrogens is 299 g/mol. The van der Waals surface area contributed by atoms with Gasteiger partial charge in [-0.05, 0) is 18.2 Å². The molecule has 1 aromatic rings. The van der Waals surface area contributed by atoms with Crippen LogP contribution in [0.3, 0.4) is 0 Å². The van der Waals surface area contributed by atoms with E-state index in [1.165, 1.54) is 13.1 Å². The van der Waals surface area contributed by atoms with Crippen LogP contribution < -0.4 is 5.32 Å². The first kappa shape index (κ1) is 15.2. The molecule has 0 heterocycles. The molecule has 0 aliphatic carbocycles. The van der Waals surface area contributed by atoms with Gasteiger partial charge in [0.05, 0.1) is 22.8 Å². The molecule has 0 aromatic heterocycles. The number of hydrogen-bond acceptors (Lipinski definition) is 3. The summed E-state index contributed by atoms with van der Waals surface area (Å²) in [6.07, 6.45) is 1.03. The van der Waals surface area contributed by atoms with E-state index in [4.69, 9.17) is 23.2 Å². The van der Waals surface area contributed by atoms with Crippen molar-refractivity contribution in [1.29, 1.82) is 0 Å². The molecule has 0 radical (unpaired) electrons. The van der Waals surface area contributed by atoms with Gasteiger partial charge in [-0.2, -0.15) is 4.31 Å². The van der Waals surface area contributed by atoms with Crippen molar-refractivity contribution in [3.05, 3.63) is 28.2 Å². The Kier molecular flexibility index (Phi) is 4.98. The Morgan fingerprint density at radius 2 is 1.94 bits per heavy atom. The monoisotopic (exact) mass is 310 g/mol. The maximum absolute atomic E-state index is 11.6. The van der Waals surface area contributed by atoms with Gasteiger partial charge in [0.25, 0.3) is 0 Å². The second kappa shape index (κ2) is 5.88. The van der Waals surface area contributed by atoms with Crippen molar-refractivity contribution in [2.75, 3.05) is 25.2 Å². The number of rotatable bonds is 4. The topological polar surface area (TPSA) is 66.5 Å². The predicted molar refractivity (Wildman–Crippen MR) is 72.6 cm³/mol. The van der Waals surface area contributed by atoms with Gasteiger partial charge in [0, 0.05) is 12.7 Å². The lowest BCUT2D eigenvalue weighted by Gasteiger charge is -2.13. The summed E-state index contributed by atoms with van der Waals surface area (Å²) < 4.78 is 23.2. The minimum absolute atomic E-state index is 0.265. The molecule has 0 spiro atoms. The van der Waals surface area contributed by atoms with Gasteiger partial charge in [-0.15, -0.1) is 0 Å². The highest BCUT2D eigenvalue weighted by Gasteiger charge is 2.15. The van der Waals surface area contributed by atoms with Gasteiger partial charge in [0.2, 0.25) is 15.9 Å². The number of anilines is 1. The zero-order valence-corrected chi connectivity index (χ0v) is 12.1. The second-order valence-corrected chi connectivity index (χ2v) is 6.60. The number of hydrogen-bond donors (Lipinski definition) is 1. The fourth-order valence-corrected chi connectivity index (χ4v) is 1.74. The first-order valence-corrected chi connectivity index (χ1v) is 7.47. The first-order chi connectivity index (χ1) is 8.20. The summed E-state index contributed by atoms with van der Waals surface area (Å²) in [4.78, 5) is 11.6. The van der Waals surface area contributed by atoms with Crippen molar-refractivity contribution in [2.45, 2.75) is 0 Å². The molecule has 0 aliphatic rings. The third-order valence-corrected chi connectivity index (χ3v) is 4.14. The highest BCUT2D eigenvalue weighted by molar-refractivity contribution is 7.88. The van der Waals surface area contributed by atoms with Crippen LogP contribution in [0.1, 0.15) is 0 Å². The van der Waals surface area contributed by atoms with E-state index in [0.717, 1.165) is 10.6 Å². The normalized spacial score (nSPS) is 11.6. The maximum atomic E-state index is 11.6. The van der Waals surface area contributed by atoms with Gasteiger partial charge in [-0.1, -0.05) is 23.2 Å². The van der Waals surface area contributed by atoms with Gasteiger partial charge in [0.1, 0.15) is 0 Å². The van der Waals surface area contributed by atoms with E-state index in [9.17, 15) is 13.2 Å². The van der Waals surface area contributed by atoms with Crippen LogP contribution in [0.25, 0.3) is 0 Å². The van der Waals surface area contributed by atoms with Crippen molar-refractivity contribution in [1.82, 2.24) is 4.31 Å². The third-order valence-electron chi connectivity index (χ3n) is 2.14. The van der Waals surface area contributed by atoms with Gasteiger partial charge >= 0.3 is 0 Å². The summed E-state index contributed by atoms with van der Waals surface area (Å²) in [5, 5.41) is 3.21. The highest BCUT2D eigenvalue weighted by Crippen LogP contribution is 2.24. The predicted octanol–water partition coefficient (Wildman–Crippen LogP) is 1.82. The summed E-state index contributed by atoms with van der Waals surface area (Å²) in [6, 6.07) is 4.61. The molecule has 0 saturated heterocycles. The number of halogens is 2. The van der Waals surface area contributed by atoms with Crippen molar-refractivity contribution in [2.24, 2.45) is 0 Å². The van der Waals surface area contributed by atoms with E-state index in [1.54, 1.807) is 12.1 Å². The molecule has 1 N–H and O–H groups in total. The largest absolute Gasteiger partial charge is 0.325 e. The number of nitrogens with one attached hydrogen (secondary N) is 1. The smallest absolute Gasteiger partial charge is 0.239 e. The average Bonchev–Trinajstić information content (AvgIpc) is 2.22. The standard InChI is InChI=1S/C10H12Cl2N2O3S/c1-14(18(2,16)17)6-10(15)13-7-3-4-8(11)9(12)5-7/h3-5H,6H2,1-2H3,(H,13,15). The molecule has 0 saturated carbocycles. The zero-order chi connectivity index (χ0) is 13.9. The number of sulfonamides is 1. The second-order valence-electron chi connectivity index (χ2n) is 3.70. The molecule has 0 atom stereocenters. The van der Waals surface area contributed by atoms with Gasteiger partial charge < -0.3 is 5.32 Å². The van der Waals surface area contributed by atoms with Crippen LogP contribution in [0.2, 0.25) is 10.0 Å². The van der Waals surface area contributed by atoms with Crippen LogP contribution in [-0.4, -0.2) is 38.5 Å². The van der Waals surface area contributed by atoms with E-state index in [0.29, 0.717) is 15.7 Å². The lowest BCUT2D eigenvalue weighted by molar-refractivity contribution is -0.116. The lowest BCUT2D eigenvalue weighted by Crippen LogP contribution is -2.34. The van der Waals surface area contributed by atoms with E-state index in [1.807, 2.05) is 0 Å². The van der Waals surface area contributed by atoms with Crippen LogP contribution >= 0.6 is 23.2 Å². The van der Waals surface area contributed by atoms with Crippen LogP contribution in [0.5, 0.6) is 0 Å². The summed E-state index contributed by atoms with van der Waals surface area (Å²) in [5.41, 5.74) is 0.455. The minimum atomic E-state index is -3.38. The molecule has 100 valence electrons. The Morgan fingerprint density at radius 1 is 1.33 bits per heavy atom. The Hall–Kier alpha value is -0.820. The van der Waals surface area contributed by atoms with Crippen LogP contribution in [0.15, 0.2) is 18.2 Å². The Balaban J connectivity index is 2.68. The number of likely N-dealkylation sites (N-methyl/N-ethyl adjacent to an activating group) is 1. The number of carbonyl (C=O) groups excluding carboxylic acids is 1. The molecule has 5 nitrogen and oxygen atoms in total. The third kappa shape index (κ3) is 4.45. The van der Waals surface area contributed by atoms with Crippen molar-refractivity contribution < 1.29 is 13.2 Å². The molecule has 8 heteroatoms. The summed E-state index contributed by atoms with van der Waals surface area (Å²) in [7, 11) is -2.06. The number of nitrogens with zero attached hydrogens (tertiary/aromatic N) is 1. The number of amides is 1. The van der Waals surface area contributed by atoms with E-state index < -0.39 is 15.9 Å². The highest BCUT2D eigenvalue weighted by atomic mass is 35.5.